The monoisotopic (exact) mass is 535 g/mol. The zero-order valence-corrected chi connectivity index (χ0v) is 20.8. The number of carboxylic acid groups (broad SMARTS) is 1. The van der Waals surface area contributed by atoms with Crippen LogP contribution >= 0.6 is 11.8 Å². The molecule has 0 radical (unpaired) electrons. The molecule has 188 valence electrons. The lowest BCUT2D eigenvalue weighted by molar-refractivity contribution is -0.113. The first-order chi connectivity index (χ1) is 17.6. The summed E-state index contributed by atoms with van der Waals surface area (Å²) in [6, 6.07) is 22.3. The molecule has 5 N–H and O–H groups in total. The maximum atomic E-state index is 12.9. The Labute approximate surface area is 216 Å². The average molecular weight is 536 g/mol. The van der Waals surface area contributed by atoms with Crippen LogP contribution in [0, 0.1) is 0 Å². The highest BCUT2D eigenvalue weighted by Gasteiger charge is 2.17. The predicted octanol–water partition coefficient (Wildman–Crippen LogP) is 4.17. The SMILES string of the molecule is NS(=O)(=O)c1ccc(NC(=O)CSc2ccc(NC(=O)c3cccc4cccc(C(=O)O)c34)cc2)cc1. The van der Waals surface area contributed by atoms with Crippen molar-refractivity contribution in [3.8, 4) is 0 Å². The molecular weight excluding hydrogens is 514 g/mol. The van der Waals surface area contributed by atoms with Gasteiger partial charge in [-0.25, -0.2) is 18.4 Å². The Balaban J connectivity index is 1.37. The van der Waals surface area contributed by atoms with E-state index in [0.717, 1.165) is 4.90 Å². The number of thioether (sulfide) groups is 1. The normalized spacial score (nSPS) is 11.2. The molecule has 0 saturated heterocycles. The summed E-state index contributed by atoms with van der Waals surface area (Å²) in [5.41, 5.74) is 1.26. The van der Waals surface area contributed by atoms with Crippen molar-refractivity contribution in [3.05, 3.63) is 96.1 Å². The number of fused-ring (bicyclic) bond motifs is 1. The van der Waals surface area contributed by atoms with Gasteiger partial charge in [0.25, 0.3) is 5.91 Å². The molecule has 0 saturated carbocycles. The van der Waals surface area contributed by atoms with Gasteiger partial charge in [-0.15, -0.1) is 11.8 Å². The topological polar surface area (TPSA) is 156 Å². The molecule has 0 atom stereocenters. The van der Waals surface area contributed by atoms with E-state index in [2.05, 4.69) is 10.6 Å². The number of anilines is 2. The zero-order valence-electron chi connectivity index (χ0n) is 19.2. The summed E-state index contributed by atoms with van der Waals surface area (Å²) in [6.07, 6.45) is 0. The molecule has 0 aromatic heterocycles. The minimum absolute atomic E-state index is 0.0465. The molecule has 0 aliphatic heterocycles. The molecule has 11 heteroatoms. The Hall–Kier alpha value is -4.19. The van der Waals surface area contributed by atoms with Crippen molar-refractivity contribution in [1.29, 1.82) is 0 Å². The highest BCUT2D eigenvalue weighted by Crippen LogP contribution is 2.25. The Morgan fingerprint density at radius 1 is 0.784 bits per heavy atom. The van der Waals surface area contributed by atoms with E-state index in [1.165, 1.54) is 42.1 Å². The Bertz CT molecular complexity index is 1600. The number of carbonyl (C=O) groups is 3. The molecule has 0 unspecified atom stereocenters. The molecule has 4 rings (SSSR count). The maximum Gasteiger partial charge on any atom is 0.336 e. The van der Waals surface area contributed by atoms with Crippen LogP contribution in [0.25, 0.3) is 10.8 Å². The van der Waals surface area contributed by atoms with E-state index in [1.54, 1.807) is 54.6 Å². The molecule has 37 heavy (non-hydrogen) atoms. The van der Waals surface area contributed by atoms with Crippen molar-refractivity contribution in [2.45, 2.75) is 9.79 Å². The van der Waals surface area contributed by atoms with Crippen molar-refractivity contribution in [3.63, 3.8) is 0 Å². The van der Waals surface area contributed by atoms with Gasteiger partial charge in [0.15, 0.2) is 0 Å². The van der Waals surface area contributed by atoms with E-state index in [4.69, 9.17) is 5.14 Å². The predicted molar refractivity (Wildman–Crippen MR) is 142 cm³/mol. The highest BCUT2D eigenvalue weighted by atomic mass is 32.2. The van der Waals surface area contributed by atoms with Gasteiger partial charge >= 0.3 is 5.97 Å². The molecule has 0 aliphatic carbocycles. The Morgan fingerprint density at radius 3 is 1.95 bits per heavy atom. The largest absolute Gasteiger partial charge is 0.478 e. The third kappa shape index (κ3) is 6.33. The van der Waals surface area contributed by atoms with E-state index >= 15 is 0 Å². The number of benzene rings is 4. The average Bonchev–Trinajstić information content (AvgIpc) is 2.87. The van der Waals surface area contributed by atoms with Crippen molar-refractivity contribution in [1.82, 2.24) is 0 Å². The van der Waals surface area contributed by atoms with Crippen LogP contribution in [0.5, 0.6) is 0 Å². The van der Waals surface area contributed by atoms with Crippen molar-refractivity contribution in [2.75, 3.05) is 16.4 Å². The summed E-state index contributed by atoms with van der Waals surface area (Å²) >= 11 is 1.28. The second-order valence-electron chi connectivity index (χ2n) is 7.90. The van der Waals surface area contributed by atoms with Crippen LogP contribution in [0.15, 0.2) is 94.7 Å². The lowest BCUT2D eigenvalue weighted by atomic mass is 9.98. The first-order valence-electron chi connectivity index (χ1n) is 10.8. The van der Waals surface area contributed by atoms with Gasteiger partial charge in [0.1, 0.15) is 0 Å². The van der Waals surface area contributed by atoms with Crippen LogP contribution in [0.4, 0.5) is 11.4 Å². The quantitative estimate of drug-likeness (QED) is 0.247. The minimum atomic E-state index is -3.80. The van der Waals surface area contributed by atoms with Crippen LogP contribution in [0.1, 0.15) is 20.7 Å². The van der Waals surface area contributed by atoms with E-state index in [1.807, 2.05) is 0 Å². The molecule has 0 bridgehead atoms. The summed E-state index contributed by atoms with van der Waals surface area (Å²) in [7, 11) is -3.80. The number of carbonyl (C=O) groups excluding carboxylic acids is 2. The van der Waals surface area contributed by atoms with Crippen LogP contribution in [-0.2, 0) is 14.8 Å². The van der Waals surface area contributed by atoms with Crippen molar-refractivity contribution >= 4 is 61.7 Å². The lowest BCUT2D eigenvalue weighted by Gasteiger charge is -2.11. The van der Waals surface area contributed by atoms with Crippen molar-refractivity contribution in [2.24, 2.45) is 5.14 Å². The summed E-state index contributed by atoms with van der Waals surface area (Å²) in [6.45, 7) is 0. The first kappa shape index (κ1) is 25.9. The fourth-order valence-corrected chi connectivity index (χ4v) is 4.83. The van der Waals surface area contributed by atoms with E-state index in [9.17, 15) is 27.9 Å². The van der Waals surface area contributed by atoms with Crippen molar-refractivity contribution < 1.29 is 27.9 Å². The number of nitrogens with two attached hydrogens (primary N) is 1. The highest BCUT2D eigenvalue weighted by molar-refractivity contribution is 8.00. The van der Waals surface area contributed by atoms with Crippen LogP contribution in [0.2, 0.25) is 0 Å². The molecule has 0 aliphatic rings. The number of primary sulfonamides is 1. The summed E-state index contributed by atoms with van der Waals surface area (Å²) < 4.78 is 22.6. The number of amides is 2. The molecule has 0 heterocycles. The minimum Gasteiger partial charge on any atom is -0.478 e. The van der Waals surface area contributed by atoms with Gasteiger partial charge in [-0.05, 0) is 66.0 Å². The second-order valence-corrected chi connectivity index (χ2v) is 10.5. The fraction of sp³-hybridized carbons (Fsp3) is 0.0385. The van der Waals surface area contributed by atoms with Gasteiger partial charge in [-0.3, -0.25) is 9.59 Å². The maximum absolute atomic E-state index is 12.9. The van der Waals surface area contributed by atoms with Gasteiger partial charge in [0.05, 0.1) is 16.2 Å². The van der Waals surface area contributed by atoms with E-state index in [-0.39, 0.29) is 27.7 Å². The number of sulfonamides is 1. The van der Waals surface area contributed by atoms with Crippen LogP contribution < -0.4 is 15.8 Å². The Kier molecular flexibility index (Phi) is 7.58. The molecule has 2 amide bonds. The lowest BCUT2D eigenvalue weighted by Crippen LogP contribution is -2.15. The van der Waals surface area contributed by atoms with Gasteiger partial charge in [0.2, 0.25) is 15.9 Å². The molecule has 0 spiro atoms. The summed E-state index contributed by atoms with van der Waals surface area (Å²) in [5, 5.41) is 21.1. The fourth-order valence-electron chi connectivity index (χ4n) is 3.62. The first-order valence-corrected chi connectivity index (χ1v) is 13.4. The number of hydrogen-bond donors (Lipinski definition) is 4. The van der Waals surface area contributed by atoms with Gasteiger partial charge in [-0.2, -0.15) is 0 Å². The number of rotatable bonds is 8. The smallest absolute Gasteiger partial charge is 0.336 e. The third-order valence-electron chi connectivity index (χ3n) is 5.33. The van der Waals surface area contributed by atoms with Gasteiger partial charge in [0, 0.05) is 27.2 Å². The summed E-state index contributed by atoms with van der Waals surface area (Å²) in [5.74, 6) is -1.73. The van der Waals surface area contributed by atoms with E-state index in [0.29, 0.717) is 22.1 Å². The Morgan fingerprint density at radius 2 is 1.35 bits per heavy atom. The second kappa shape index (κ2) is 10.8. The standard InChI is InChI=1S/C26H21N3O6S2/c27-37(34,35)20-13-9-17(10-14-20)28-23(30)15-36-19-11-7-18(8-12-19)29-25(31)21-5-1-3-16-4-2-6-22(24(16)21)26(32)33/h1-14H,15H2,(H,28,30)(H,29,31)(H,32,33)(H2,27,34,35). The molecule has 4 aromatic rings. The zero-order chi connectivity index (χ0) is 26.6. The number of aromatic carboxylic acids is 1. The molecule has 0 fully saturated rings. The number of nitrogens with one attached hydrogen (secondary N) is 2. The molecule has 9 nitrogen and oxygen atoms in total. The van der Waals surface area contributed by atoms with Crippen LogP contribution in [0.3, 0.4) is 0 Å². The van der Waals surface area contributed by atoms with Gasteiger partial charge < -0.3 is 15.7 Å². The van der Waals surface area contributed by atoms with E-state index < -0.39 is 21.9 Å². The third-order valence-corrected chi connectivity index (χ3v) is 7.27. The number of hydrogen-bond acceptors (Lipinski definition) is 6. The number of carboxylic acids is 1. The van der Waals surface area contributed by atoms with Crippen LogP contribution in [-0.4, -0.2) is 37.1 Å². The summed E-state index contributed by atoms with van der Waals surface area (Å²) in [4.78, 5) is 37.6. The molecular formula is C26H21N3O6S2. The van der Waals surface area contributed by atoms with Gasteiger partial charge in [-0.1, -0.05) is 24.3 Å². The molecule has 4 aromatic carbocycles.